The Morgan fingerprint density at radius 3 is 2.47 bits per heavy atom. The second kappa shape index (κ2) is 4.47. The molecule has 3 nitrogen and oxygen atoms in total. The van der Waals surface area contributed by atoms with Crippen LogP contribution in [0, 0.1) is 0 Å². The van der Waals surface area contributed by atoms with Gasteiger partial charge in [-0.25, -0.2) is 5.06 Å². The van der Waals surface area contributed by atoms with Gasteiger partial charge in [0.05, 0.1) is 5.69 Å². The first-order valence-electron chi connectivity index (χ1n) is 5.65. The van der Waals surface area contributed by atoms with Crippen molar-refractivity contribution in [1.29, 1.82) is 0 Å². The Kier molecular flexibility index (Phi) is 2.68. The van der Waals surface area contributed by atoms with Crippen molar-refractivity contribution in [3.63, 3.8) is 0 Å². The number of rotatable bonds is 1. The number of fused-ring (bicyclic) bond motifs is 1. The minimum atomic E-state index is 0.545. The topological polar surface area (TPSA) is 21.7 Å². The van der Waals surface area contributed by atoms with Crippen molar-refractivity contribution in [2.24, 2.45) is 0 Å². The summed E-state index contributed by atoms with van der Waals surface area (Å²) in [4.78, 5) is 5.72. The molecule has 0 saturated carbocycles. The van der Waals surface area contributed by atoms with Crippen LogP contribution in [0.4, 0.5) is 11.4 Å². The molecular weight excluding hydrogens is 214 g/mol. The van der Waals surface area contributed by atoms with E-state index in [-0.39, 0.29) is 0 Å². The van der Waals surface area contributed by atoms with Gasteiger partial charge in [0.15, 0.2) is 0 Å². The molecule has 0 bridgehead atoms. The van der Waals surface area contributed by atoms with E-state index in [4.69, 9.17) is 9.57 Å². The molecule has 0 aliphatic carbocycles. The summed E-state index contributed by atoms with van der Waals surface area (Å²) in [5.41, 5.74) is 1.95. The van der Waals surface area contributed by atoms with Gasteiger partial charge < -0.3 is 4.74 Å². The summed E-state index contributed by atoms with van der Waals surface area (Å²) in [6, 6.07) is 17.9. The molecule has 0 atom stereocenters. The second-order valence-corrected chi connectivity index (χ2v) is 3.78. The standard InChI is InChI=1S/C14H13NO2/c1-2-6-12(7-3-1)15-13-8-4-5-9-14(13)16-10-11-17-15/h1-9H,10-11H2. The lowest BCUT2D eigenvalue weighted by Gasteiger charge is -2.22. The third-order valence-corrected chi connectivity index (χ3v) is 2.64. The molecule has 1 aliphatic rings. The lowest BCUT2D eigenvalue weighted by atomic mass is 10.2. The SMILES string of the molecule is c1ccc(N2OCCOc3ccccc32)cc1. The van der Waals surface area contributed by atoms with Gasteiger partial charge in [0, 0.05) is 0 Å². The Bertz CT molecular complexity index is 499. The normalized spacial score (nSPS) is 14.7. The molecule has 2 aromatic rings. The van der Waals surface area contributed by atoms with Crippen LogP contribution in [0.1, 0.15) is 0 Å². The van der Waals surface area contributed by atoms with E-state index in [1.807, 2.05) is 59.7 Å². The number of hydrogen-bond acceptors (Lipinski definition) is 3. The van der Waals surface area contributed by atoms with Crippen molar-refractivity contribution < 1.29 is 9.57 Å². The zero-order valence-corrected chi connectivity index (χ0v) is 9.37. The Morgan fingerprint density at radius 1 is 0.824 bits per heavy atom. The fraction of sp³-hybridized carbons (Fsp3) is 0.143. The van der Waals surface area contributed by atoms with Gasteiger partial charge in [-0.05, 0) is 24.3 Å². The molecule has 0 spiro atoms. The molecule has 0 radical (unpaired) electrons. The van der Waals surface area contributed by atoms with Gasteiger partial charge in [-0.15, -0.1) is 0 Å². The van der Waals surface area contributed by atoms with E-state index >= 15 is 0 Å². The second-order valence-electron chi connectivity index (χ2n) is 3.78. The van der Waals surface area contributed by atoms with Crippen LogP contribution in [0.25, 0.3) is 0 Å². The molecule has 1 heterocycles. The highest BCUT2D eigenvalue weighted by Gasteiger charge is 2.17. The number of nitrogens with zero attached hydrogens (tertiary/aromatic N) is 1. The predicted molar refractivity (Wildman–Crippen MR) is 66.5 cm³/mol. The summed E-state index contributed by atoms with van der Waals surface area (Å²) in [5.74, 6) is 0.855. The lowest BCUT2D eigenvalue weighted by Crippen LogP contribution is -2.17. The summed E-state index contributed by atoms with van der Waals surface area (Å²) in [5, 5.41) is 1.82. The largest absolute Gasteiger partial charge is 0.489 e. The van der Waals surface area contributed by atoms with Crippen molar-refractivity contribution in [3.05, 3.63) is 54.6 Å². The third-order valence-electron chi connectivity index (χ3n) is 2.64. The molecule has 0 fully saturated rings. The van der Waals surface area contributed by atoms with Crippen LogP contribution in [0.15, 0.2) is 54.6 Å². The minimum Gasteiger partial charge on any atom is -0.489 e. The molecule has 3 heteroatoms. The van der Waals surface area contributed by atoms with Crippen molar-refractivity contribution in [2.45, 2.75) is 0 Å². The van der Waals surface area contributed by atoms with Gasteiger partial charge >= 0.3 is 0 Å². The predicted octanol–water partition coefficient (Wildman–Crippen LogP) is 3.15. The highest BCUT2D eigenvalue weighted by atomic mass is 16.7. The maximum absolute atomic E-state index is 5.72. The monoisotopic (exact) mass is 227 g/mol. The molecule has 0 unspecified atom stereocenters. The number of hydrogen-bond donors (Lipinski definition) is 0. The van der Waals surface area contributed by atoms with Crippen LogP contribution in [0.5, 0.6) is 5.75 Å². The van der Waals surface area contributed by atoms with E-state index in [1.165, 1.54) is 0 Å². The van der Waals surface area contributed by atoms with Crippen LogP contribution < -0.4 is 9.80 Å². The van der Waals surface area contributed by atoms with Crippen molar-refractivity contribution in [3.8, 4) is 5.75 Å². The molecule has 86 valence electrons. The summed E-state index contributed by atoms with van der Waals surface area (Å²) in [6.45, 7) is 1.12. The van der Waals surface area contributed by atoms with Crippen molar-refractivity contribution >= 4 is 11.4 Å². The number of benzene rings is 2. The summed E-state index contributed by atoms with van der Waals surface area (Å²) >= 11 is 0. The number of para-hydroxylation sites is 3. The Balaban J connectivity index is 2.06. The Morgan fingerprint density at radius 2 is 1.59 bits per heavy atom. The fourth-order valence-corrected chi connectivity index (χ4v) is 1.87. The minimum absolute atomic E-state index is 0.545. The van der Waals surface area contributed by atoms with Gasteiger partial charge in [-0.3, -0.25) is 4.84 Å². The molecule has 2 aromatic carbocycles. The van der Waals surface area contributed by atoms with E-state index in [2.05, 4.69) is 0 Å². The van der Waals surface area contributed by atoms with Gasteiger partial charge in [0.25, 0.3) is 0 Å². The lowest BCUT2D eigenvalue weighted by molar-refractivity contribution is 0.116. The quantitative estimate of drug-likeness (QED) is 0.747. The van der Waals surface area contributed by atoms with Gasteiger partial charge in [0.2, 0.25) is 0 Å². The zero-order chi connectivity index (χ0) is 11.5. The molecular formula is C14H13NO2. The highest BCUT2D eigenvalue weighted by molar-refractivity contribution is 5.67. The van der Waals surface area contributed by atoms with E-state index in [1.54, 1.807) is 0 Å². The van der Waals surface area contributed by atoms with Crippen LogP contribution >= 0.6 is 0 Å². The fourth-order valence-electron chi connectivity index (χ4n) is 1.87. The van der Waals surface area contributed by atoms with Crippen molar-refractivity contribution in [1.82, 2.24) is 0 Å². The molecule has 0 N–H and O–H groups in total. The molecule has 3 rings (SSSR count). The van der Waals surface area contributed by atoms with Gasteiger partial charge in [-0.1, -0.05) is 30.3 Å². The average Bonchev–Trinajstić information content (AvgIpc) is 2.62. The average molecular weight is 227 g/mol. The van der Waals surface area contributed by atoms with Gasteiger partial charge in [0.1, 0.15) is 24.7 Å². The maximum Gasteiger partial charge on any atom is 0.145 e. The summed E-state index contributed by atoms with van der Waals surface area (Å²) in [7, 11) is 0. The maximum atomic E-state index is 5.72. The Hall–Kier alpha value is -2.00. The van der Waals surface area contributed by atoms with Gasteiger partial charge in [-0.2, -0.15) is 0 Å². The number of ether oxygens (including phenoxy) is 1. The Labute approximate surface area is 100 Å². The first-order chi connectivity index (χ1) is 8.45. The number of anilines is 2. The van der Waals surface area contributed by atoms with E-state index < -0.39 is 0 Å². The van der Waals surface area contributed by atoms with Crippen LogP contribution in [0.3, 0.4) is 0 Å². The first-order valence-corrected chi connectivity index (χ1v) is 5.65. The van der Waals surface area contributed by atoms with E-state index in [9.17, 15) is 0 Å². The highest BCUT2D eigenvalue weighted by Crippen LogP contribution is 2.35. The smallest absolute Gasteiger partial charge is 0.145 e. The van der Waals surface area contributed by atoms with Crippen LogP contribution in [-0.2, 0) is 4.84 Å². The molecule has 0 amide bonds. The molecule has 0 aromatic heterocycles. The molecule has 1 aliphatic heterocycles. The third kappa shape index (κ3) is 1.97. The zero-order valence-electron chi connectivity index (χ0n) is 9.37. The summed E-state index contributed by atoms with van der Waals surface area (Å²) < 4.78 is 5.63. The van der Waals surface area contributed by atoms with Crippen LogP contribution in [0.2, 0.25) is 0 Å². The van der Waals surface area contributed by atoms with E-state index in [0.717, 1.165) is 17.1 Å². The molecule has 17 heavy (non-hydrogen) atoms. The summed E-state index contributed by atoms with van der Waals surface area (Å²) in [6.07, 6.45) is 0. The molecule has 0 saturated heterocycles. The van der Waals surface area contributed by atoms with E-state index in [0.29, 0.717) is 13.2 Å². The first kappa shape index (κ1) is 10.2. The van der Waals surface area contributed by atoms with Crippen molar-refractivity contribution in [2.75, 3.05) is 18.3 Å². The van der Waals surface area contributed by atoms with Crippen LogP contribution in [-0.4, -0.2) is 13.2 Å².